The van der Waals surface area contributed by atoms with E-state index in [1.165, 1.54) is 5.56 Å². The van der Waals surface area contributed by atoms with Crippen LogP contribution in [0.3, 0.4) is 0 Å². The fraction of sp³-hybridized carbons (Fsp3) is 0.263. The number of ether oxygens (including phenoxy) is 1. The minimum absolute atomic E-state index is 0.0378. The van der Waals surface area contributed by atoms with Crippen LogP contribution in [0.1, 0.15) is 28.3 Å². The van der Waals surface area contributed by atoms with Crippen LogP contribution in [-0.4, -0.2) is 37.0 Å². The van der Waals surface area contributed by atoms with E-state index in [1.54, 1.807) is 31.4 Å². The van der Waals surface area contributed by atoms with Gasteiger partial charge in [0.15, 0.2) is 0 Å². The van der Waals surface area contributed by atoms with Crippen LogP contribution in [0.5, 0.6) is 5.75 Å². The van der Waals surface area contributed by atoms with E-state index >= 15 is 0 Å². The number of rotatable bonds is 4. The number of nitrogens with zero attached hydrogens (tertiary/aromatic N) is 1. The summed E-state index contributed by atoms with van der Waals surface area (Å²) in [7, 11) is 1.65. The van der Waals surface area contributed by atoms with Crippen LogP contribution < -0.4 is 15.8 Å². The maximum Gasteiger partial charge on any atom is 0.316 e. The van der Waals surface area contributed by atoms with Crippen molar-refractivity contribution in [1.29, 1.82) is 0 Å². The number of amides is 3. The third-order valence-electron chi connectivity index (χ3n) is 4.44. The van der Waals surface area contributed by atoms with E-state index in [4.69, 9.17) is 10.5 Å². The summed E-state index contributed by atoms with van der Waals surface area (Å²) in [5, 5.41) is 2.49. The number of likely N-dealkylation sites (tertiary alicyclic amines) is 1. The third-order valence-corrected chi connectivity index (χ3v) is 4.44. The lowest BCUT2D eigenvalue weighted by atomic mass is 9.98. The molecule has 1 saturated heterocycles. The topological polar surface area (TPSA) is 84.7 Å². The summed E-state index contributed by atoms with van der Waals surface area (Å²) in [6.07, 6.45) is 0.928. The molecule has 6 nitrogen and oxygen atoms in total. The zero-order valence-corrected chi connectivity index (χ0v) is 14.1. The Morgan fingerprint density at radius 3 is 2.64 bits per heavy atom. The van der Waals surface area contributed by atoms with Crippen molar-refractivity contribution < 1.29 is 14.3 Å². The van der Waals surface area contributed by atoms with Crippen LogP contribution in [0.25, 0.3) is 0 Å². The van der Waals surface area contributed by atoms with E-state index in [0.29, 0.717) is 30.3 Å². The normalized spacial score (nSPS) is 16.5. The fourth-order valence-electron chi connectivity index (χ4n) is 3.15. The van der Waals surface area contributed by atoms with Gasteiger partial charge in [0.25, 0.3) is 5.91 Å². The first-order valence-electron chi connectivity index (χ1n) is 8.16. The zero-order chi connectivity index (χ0) is 17.8. The minimum Gasteiger partial charge on any atom is -0.497 e. The van der Waals surface area contributed by atoms with Gasteiger partial charge in [-0.1, -0.05) is 18.2 Å². The molecule has 6 heteroatoms. The number of primary amides is 1. The summed E-state index contributed by atoms with van der Waals surface area (Å²) < 4.78 is 5.18. The average Bonchev–Trinajstić information content (AvgIpc) is 3.11. The van der Waals surface area contributed by atoms with E-state index in [1.807, 2.05) is 17.0 Å². The van der Waals surface area contributed by atoms with Crippen LogP contribution in [-0.2, 0) is 0 Å². The number of hydrogen-bond donors (Lipinski definition) is 2. The Bertz CT molecular complexity index is 774. The Morgan fingerprint density at radius 2 is 1.96 bits per heavy atom. The molecule has 1 fully saturated rings. The minimum atomic E-state index is -0.648. The van der Waals surface area contributed by atoms with E-state index in [-0.39, 0.29) is 5.91 Å². The summed E-state index contributed by atoms with van der Waals surface area (Å²) in [5.41, 5.74) is 7.39. The Hall–Kier alpha value is -3.02. The Kier molecular flexibility index (Phi) is 4.88. The monoisotopic (exact) mass is 339 g/mol. The first-order valence-corrected chi connectivity index (χ1v) is 8.16. The molecule has 0 aliphatic carbocycles. The standard InChI is InChI=1S/C19H21N3O3/c1-25-17-7-5-13(6-8-17)15-9-10-22(12-15)18(23)14-3-2-4-16(11-14)21-19(20)24/h2-8,11,15H,9-10,12H2,1H3,(H3,20,21,24). The third kappa shape index (κ3) is 3.91. The molecule has 1 aliphatic heterocycles. The van der Waals surface area contributed by atoms with Crippen molar-refractivity contribution in [2.75, 3.05) is 25.5 Å². The number of carbonyl (C=O) groups excluding carboxylic acids is 2. The summed E-state index contributed by atoms with van der Waals surface area (Å²) >= 11 is 0. The number of carbonyl (C=O) groups is 2. The van der Waals surface area contributed by atoms with Gasteiger partial charge in [0.2, 0.25) is 0 Å². The lowest BCUT2D eigenvalue weighted by Gasteiger charge is -2.17. The number of nitrogens with two attached hydrogens (primary N) is 1. The molecular formula is C19H21N3O3. The van der Waals surface area contributed by atoms with Gasteiger partial charge < -0.3 is 20.7 Å². The van der Waals surface area contributed by atoms with Gasteiger partial charge in [-0.2, -0.15) is 0 Å². The number of hydrogen-bond acceptors (Lipinski definition) is 3. The van der Waals surface area contributed by atoms with Crippen molar-refractivity contribution in [3.8, 4) is 5.75 Å². The van der Waals surface area contributed by atoms with Crippen molar-refractivity contribution in [3.63, 3.8) is 0 Å². The van der Waals surface area contributed by atoms with Crippen molar-refractivity contribution in [2.45, 2.75) is 12.3 Å². The van der Waals surface area contributed by atoms with Crippen LogP contribution in [0, 0.1) is 0 Å². The molecule has 3 N–H and O–H groups in total. The summed E-state index contributed by atoms with van der Waals surface area (Å²) in [6, 6.07) is 14.2. The SMILES string of the molecule is COc1ccc(C2CCN(C(=O)c3cccc(NC(N)=O)c3)C2)cc1. The largest absolute Gasteiger partial charge is 0.497 e. The molecule has 130 valence electrons. The van der Waals surface area contributed by atoms with Gasteiger partial charge in [0, 0.05) is 30.3 Å². The van der Waals surface area contributed by atoms with Gasteiger partial charge in [0.05, 0.1) is 7.11 Å². The highest BCUT2D eigenvalue weighted by Gasteiger charge is 2.28. The first kappa shape index (κ1) is 16.8. The first-order chi connectivity index (χ1) is 12.1. The smallest absolute Gasteiger partial charge is 0.316 e. The second kappa shape index (κ2) is 7.25. The molecule has 1 atom stereocenters. The van der Waals surface area contributed by atoms with E-state index in [0.717, 1.165) is 12.2 Å². The number of nitrogens with one attached hydrogen (secondary N) is 1. The molecular weight excluding hydrogens is 318 g/mol. The van der Waals surface area contributed by atoms with E-state index < -0.39 is 6.03 Å². The molecule has 0 bridgehead atoms. The highest BCUT2D eigenvalue weighted by atomic mass is 16.5. The van der Waals surface area contributed by atoms with E-state index in [9.17, 15) is 9.59 Å². The fourth-order valence-corrected chi connectivity index (χ4v) is 3.15. The Morgan fingerprint density at radius 1 is 1.20 bits per heavy atom. The molecule has 2 aromatic rings. The molecule has 0 saturated carbocycles. The highest BCUT2D eigenvalue weighted by Crippen LogP contribution is 2.29. The highest BCUT2D eigenvalue weighted by molar-refractivity contribution is 5.96. The summed E-state index contributed by atoms with van der Waals surface area (Å²) in [4.78, 5) is 25.5. The Balaban J connectivity index is 1.68. The molecule has 1 unspecified atom stereocenters. The molecule has 1 heterocycles. The molecule has 0 spiro atoms. The molecule has 0 aromatic heterocycles. The summed E-state index contributed by atoms with van der Waals surface area (Å²) in [6.45, 7) is 1.39. The second-order valence-corrected chi connectivity index (χ2v) is 6.08. The maximum atomic E-state index is 12.7. The van der Waals surface area contributed by atoms with Gasteiger partial charge >= 0.3 is 6.03 Å². The van der Waals surface area contributed by atoms with Crippen molar-refractivity contribution >= 4 is 17.6 Å². The van der Waals surface area contributed by atoms with Gasteiger partial charge in [-0.25, -0.2) is 4.79 Å². The molecule has 2 aromatic carbocycles. The predicted molar refractivity (Wildman–Crippen MR) is 95.9 cm³/mol. The average molecular weight is 339 g/mol. The summed E-state index contributed by atoms with van der Waals surface area (Å²) in [5.74, 6) is 1.11. The van der Waals surface area contributed by atoms with Crippen LogP contribution in [0.2, 0.25) is 0 Å². The van der Waals surface area contributed by atoms with Gasteiger partial charge in [-0.05, 0) is 42.3 Å². The number of benzene rings is 2. The van der Waals surface area contributed by atoms with Crippen molar-refractivity contribution in [2.24, 2.45) is 5.73 Å². The van der Waals surface area contributed by atoms with Crippen molar-refractivity contribution in [1.82, 2.24) is 4.90 Å². The molecule has 25 heavy (non-hydrogen) atoms. The van der Waals surface area contributed by atoms with Gasteiger partial charge in [-0.3, -0.25) is 4.79 Å². The number of methoxy groups -OCH3 is 1. The molecule has 0 radical (unpaired) electrons. The van der Waals surface area contributed by atoms with Gasteiger partial charge in [0.1, 0.15) is 5.75 Å². The molecule has 3 rings (SSSR count). The zero-order valence-electron chi connectivity index (χ0n) is 14.1. The second-order valence-electron chi connectivity index (χ2n) is 6.08. The van der Waals surface area contributed by atoms with Gasteiger partial charge in [-0.15, -0.1) is 0 Å². The lowest BCUT2D eigenvalue weighted by Crippen LogP contribution is -2.28. The molecule has 1 aliphatic rings. The van der Waals surface area contributed by atoms with Crippen molar-refractivity contribution in [3.05, 3.63) is 59.7 Å². The van der Waals surface area contributed by atoms with Crippen LogP contribution >= 0.6 is 0 Å². The quantitative estimate of drug-likeness (QED) is 0.898. The Labute approximate surface area is 146 Å². The van der Waals surface area contributed by atoms with E-state index in [2.05, 4.69) is 17.4 Å². The predicted octanol–water partition coefficient (Wildman–Crippen LogP) is 2.82. The molecule has 3 amide bonds. The number of urea groups is 1. The van der Waals surface area contributed by atoms with Crippen LogP contribution in [0.15, 0.2) is 48.5 Å². The maximum absolute atomic E-state index is 12.7. The number of anilines is 1. The van der Waals surface area contributed by atoms with Crippen LogP contribution in [0.4, 0.5) is 10.5 Å². The lowest BCUT2D eigenvalue weighted by molar-refractivity contribution is 0.0791.